The molecule has 3 rings (SSSR count). The van der Waals surface area contributed by atoms with Crippen LogP contribution in [0.1, 0.15) is 22.3 Å². The van der Waals surface area contributed by atoms with Gasteiger partial charge in [0, 0.05) is 21.7 Å². The first-order valence-corrected chi connectivity index (χ1v) is 11.1. The molecule has 1 unspecified atom stereocenters. The Labute approximate surface area is 189 Å². The van der Waals surface area contributed by atoms with Crippen molar-refractivity contribution in [3.8, 4) is 0 Å². The maximum absolute atomic E-state index is 12.4. The Kier molecular flexibility index (Phi) is 7.83. The number of nitrogens with one attached hydrogen (secondary N) is 1. The summed E-state index contributed by atoms with van der Waals surface area (Å²) < 4.78 is 15.3. The lowest BCUT2D eigenvalue weighted by Gasteiger charge is -2.14. The van der Waals surface area contributed by atoms with Crippen molar-refractivity contribution >= 4 is 40.2 Å². The van der Waals surface area contributed by atoms with Gasteiger partial charge in [0.05, 0.1) is 6.54 Å². The van der Waals surface area contributed by atoms with Crippen LogP contribution in [0.5, 0.6) is 0 Å². The number of rotatable bonds is 8. The number of benzene rings is 3. The van der Waals surface area contributed by atoms with Crippen LogP contribution in [-0.2, 0) is 17.5 Å². The zero-order valence-electron chi connectivity index (χ0n) is 17.0. The molecule has 0 radical (unpaired) electrons. The van der Waals surface area contributed by atoms with Crippen LogP contribution in [-0.4, -0.2) is 15.2 Å². The molecule has 0 fully saturated rings. The zero-order valence-corrected chi connectivity index (χ0v) is 18.6. The van der Waals surface area contributed by atoms with Gasteiger partial charge in [-0.3, -0.25) is 0 Å². The molecule has 0 saturated heterocycles. The summed E-state index contributed by atoms with van der Waals surface area (Å²) in [5, 5.41) is 7.71. The first-order chi connectivity index (χ1) is 14.9. The van der Waals surface area contributed by atoms with Crippen molar-refractivity contribution in [2.24, 2.45) is 16.7 Å². The van der Waals surface area contributed by atoms with Crippen LogP contribution < -0.4 is 16.3 Å². The van der Waals surface area contributed by atoms with Crippen LogP contribution in [0.25, 0.3) is 6.08 Å². The average Bonchev–Trinajstić information content (AvgIpc) is 2.72. The van der Waals surface area contributed by atoms with Gasteiger partial charge in [0.25, 0.3) is 0 Å². The molecule has 0 amide bonds. The summed E-state index contributed by atoms with van der Waals surface area (Å²) in [5.74, 6) is 6.21. The van der Waals surface area contributed by atoms with E-state index in [1.165, 1.54) is 5.12 Å². The number of hydrogen-bond acceptors (Lipinski definition) is 4. The molecule has 31 heavy (non-hydrogen) atoms. The van der Waals surface area contributed by atoms with E-state index in [0.29, 0.717) is 22.8 Å². The van der Waals surface area contributed by atoms with Gasteiger partial charge in [0.1, 0.15) is 11.0 Å². The molecule has 0 aromatic heterocycles. The Morgan fingerprint density at radius 2 is 1.90 bits per heavy atom. The summed E-state index contributed by atoms with van der Waals surface area (Å²) in [5.41, 5.74) is 10.5. The highest BCUT2D eigenvalue weighted by Gasteiger charge is 2.05. The second-order valence-electron chi connectivity index (χ2n) is 6.91. The largest absolute Gasteiger partial charge is 0.382 e. The average molecular weight is 454 g/mol. The van der Waals surface area contributed by atoms with E-state index in [1.54, 1.807) is 29.7 Å². The van der Waals surface area contributed by atoms with E-state index in [2.05, 4.69) is 9.82 Å². The summed E-state index contributed by atoms with van der Waals surface area (Å²) in [6.07, 6.45) is 1.82. The molecule has 6 nitrogen and oxygen atoms in total. The SMILES string of the molecule is Cc1cccc(/C=C/S(=O)Nc2cccc(/C(N)=N/N(N)Cc3cccc(Cl)c3)c2)c1. The Bertz CT molecular complexity index is 1130. The predicted octanol–water partition coefficient (Wildman–Crippen LogP) is 4.39. The number of nitrogens with two attached hydrogens (primary N) is 2. The molecule has 1 atom stereocenters. The first kappa shape index (κ1) is 22.6. The molecular formula is C23H24ClN5OS. The quantitative estimate of drug-likeness (QED) is 0.204. The van der Waals surface area contributed by atoms with Gasteiger partial charge in [-0.15, -0.1) is 5.10 Å². The lowest BCUT2D eigenvalue weighted by molar-refractivity contribution is 0.290. The number of hydrazone groups is 1. The maximum Gasteiger partial charge on any atom is 0.152 e. The third-order valence-corrected chi connectivity index (χ3v) is 5.33. The van der Waals surface area contributed by atoms with Gasteiger partial charge in [-0.25, -0.2) is 15.2 Å². The highest BCUT2D eigenvalue weighted by molar-refractivity contribution is 7.89. The summed E-state index contributed by atoms with van der Waals surface area (Å²) in [6, 6.07) is 22.5. The van der Waals surface area contributed by atoms with Crippen molar-refractivity contribution < 1.29 is 4.21 Å². The topological polar surface area (TPSA) is 96.7 Å². The van der Waals surface area contributed by atoms with E-state index in [4.69, 9.17) is 23.2 Å². The maximum atomic E-state index is 12.4. The summed E-state index contributed by atoms with van der Waals surface area (Å²) in [7, 11) is -1.40. The van der Waals surface area contributed by atoms with Crippen molar-refractivity contribution in [1.82, 2.24) is 5.12 Å². The van der Waals surface area contributed by atoms with E-state index in [0.717, 1.165) is 16.7 Å². The molecule has 5 N–H and O–H groups in total. The van der Waals surface area contributed by atoms with Gasteiger partial charge in [0.15, 0.2) is 5.84 Å². The second-order valence-corrected chi connectivity index (χ2v) is 8.42. The summed E-state index contributed by atoms with van der Waals surface area (Å²) >= 11 is 6.00. The minimum atomic E-state index is -1.40. The molecule has 0 bridgehead atoms. The highest BCUT2D eigenvalue weighted by Crippen LogP contribution is 2.14. The van der Waals surface area contributed by atoms with E-state index >= 15 is 0 Å². The smallest absolute Gasteiger partial charge is 0.152 e. The minimum Gasteiger partial charge on any atom is -0.382 e. The lowest BCUT2D eigenvalue weighted by Crippen LogP contribution is -2.29. The van der Waals surface area contributed by atoms with Crippen molar-refractivity contribution in [2.45, 2.75) is 13.5 Å². The van der Waals surface area contributed by atoms with Crippen molar-refractivity contribution in [3.63, 3.8) is 0 Å². The van der Waals surface area contributed by atoms with Crippen LogP contribution in [0.15, 0.2) is 83.3 Å². The molecule has 0 aliphatic rings. The first-order valence-electron chi connectivity index (χ1n) is 9.52. The fourth-order valence-electron chi connectivity index (χ4n) is 2.86. The monoisotopic (exact) mass is 453 g/mol. The number of anilines is 1. The fraction of sp³-hybridized carbons (Fsp3) is 0.0870. The van der Waals surface area contributed by atoms with Crippen LogP contribution in [0, 0.1) is 6.92 Å². The van der Waals surface area contributed by atoms with Gasteiger partial charge in [-0.05, 0) is 48.4 Å². The molecule has 3 aromatic carbocycles. The highest BCUT2D eigenvalue weighted by atomic mass is 35.5. The van der Waals surface area contributed by atoms with Gasteiger partial charge < -0.3 is 10.5 Å². The number of hydrogen-bond donors (Lipinski definition) is 3. The number of aryl methyl sites for hydroxylation is 1. The van der Waals surface area contributed by atoms with Gasteiger partial charge in [0.2, 0.25) is 0 Å². The number of nitrogens with zero attached hydrogens (tertiary/aromatic N) is 2. The molecule has 8 heteroatoms. The molecule has 160 valence electrons. The molecule has 0 aliphatic heterocycles. The number of halogens is 1. The third-order valence-electron chi connectivity index (χ3n) is 4.27. The van der Waals surface area contributed by atoms with E-state index in [9.17, 15) is 4.21 Å². The van der Waals surface area contributed by atoms with Gasteiger partial charge >= 0.3 is 0 Å². The zero-order chi connectivity index (χ0) is 22.2. The Hall–Kier alpha value is -3.13. The number of amidine groups is 1. The molecule has 3 aromatic rings. The van der Waals surface area contributed by atoms with Crippen LogP contribution >= 0.6 is 11.6 Å². The van der Waals surface area contributed by atoms with E-state index in [-0.39, 0.29) is 5.84 Å². The molecular weight excluding hydrogens is 430 g/mol. The van der Waals surface area contributed by atoms with Crippen LogP contribution in [0.2, 0.25) is 5.02 Å². The normalized spacial score (nSPS) is 12.7. The number of hydrazine groups is 1. The minimum absolute atomic E-state index is 0.245. The standard InChI is InChI=1S/C23H24ClN5OS/c1-17-5-2-6-18(13-17)11-12-31(30)28-22-10-4-8-20(15-22)23(25)27-29(26)16-19-7-3-9-21(24)14-19/h2-15,28H,16,26H2,1H3,(H2,25,27)/b12-11+. The fourth-order valence-corrected chi connectivity index (χ4v) is 3.78. The third kappa shape index (κ3) is 7.25. The predicted molar refractivity (Wildman–Crippen MR) is 130 cm³/mol. The van der Waals surface area contributed by atoms with Crippen molar-refractivity contribution in [1.29, 1.82) is 0 Å². The summed E-state index contributed by atoms with van der Waals surface area (Å²) in [4.78, 5) is 0. The van der Waals surface area contributed by atoms with Crippen LogP contribution in [0.4, 0.5) is 5.69 Å². The Morgan fingerprint density at radius 1 is 1.13 bits per heavy atom. The summed E-state index contributed by atoms with van der Waals surface area (Å²) in [6.45, 7) is 2.37. The second kappa shape index (κ2) is 10.8. The van der Waals surface area contributed by atoms with Crippen molar-refractivity contribution in [2.75, 3.05) is 4.72 Å². The molecule has 0 saturated carbocycles. The van der Waals surface area contributed by atoms with Crippen LogP contribution in [0.3, 0.4) is 0 Å². The van der Waals surface area contributed by atoms with Gasteiger partial charge in [-0.1, -0.05) is 65.7 Å². The lowest BCUT2D eigenvalue weighted by atomic mass is 10.1. The van der Waals surface area contributed by atoms with Crippen molar-refractivity contribution in [3.05, 3.63) is 105 Å². The molecule has 0 spiro atoms. The molecule has 0 heterocycles. The molecule has 0 aliphatic carbocycles. The Morgan fingerprint density at radius 3 is 2.68 bits per heavy atom. The van der Waals surface area contributed by atoms with E-state index in [1.807, 2.05) is 61.5 Å². The van der Waals surface area contributed by atoms with Gasteiger partial charge in [-0.2, -0.15) is 0 Å². The Balaban J connectivity index is 1.64. The van der Waals surface area contributed by atoms with E-state index < -0.39 is 11.0 Å².